The Morgan fingerprint density at radius 1 is 1.11 bits per heavy atom. The molecule has 0 nitrogen and oxygen atoms in total. The molecule has 19 heavy (non-hydrogen) atoms. The van der Waals surface area contributed by atoms with Crippen LogP contribution in [0.1, 0.15) is 20.8 Å². The van der Waals surface area contributed by atoms with Crippen molar-refractivity contribution in [3.05, 3.63) is 70.4 Å². The molecule has 0 fully saturated rings. The highest BCUT2D eigenvalue weighted by Crippen LogP contribution is 2.38. The summed E-state index contributed by atoms with van der Waals surface area (Å²) in [4.78, 5) is 1.36. The molecule has 3 rings (SSSR count). The van der Waals surface area contributed by atoms with E-state index in [2.05, 4.69) is 34.1 Å². The average Bonchev–Trinajstić information content (AvgIpc) is 2.85. The third-order valence-corrected chi connectivity index (χ3v) is 5.67. The summed E-state index contributed by atoms with van der Waals surface area (Å²) in [5.74, 6) is -0.153. The van der Waals surface area contributed by atoms with Gasteiger partial charge in [0.05, 0.1) is 4.83 Å². The van der Waals surface area contributed by atoms with Crippen LogP contribution >= 0.6 is 27.3 Å². The number of halogens is 2. The second-order valence-corrected chi connectivity index (χ2v) is 6.59. The fourth-order valence-corrected chi connectivity index (χ4v) is 3.89. The Morgan fingerprint density at radius 3 is 2.63 bits per heavy atom. The average molecular weight is 335 g/mol. The Labute approximate surface area is 124 Å². The molecule has 0 bridgehead atoms. The van der Waals surface area contributed by atoms with Crippen LogP contribution in [0.4, 0.5) is 4.39 Å². The first kappa shape index (κ1) is 12.8. The molecule has 3 heteroatoms. The predicted octanol–water partition coefficient (Wildman–Crippen LogP) is 5.83. The van der Waals surface area contributed by atoms with E-state index >= 15 is 0 Å². The van der Waals surface area contributed by atoms with Gasteiger partial charge in [0.2, 0.25) is 0 Å². The van der Waals surface area contributed by atoms with Gasteiger partial charge in [0, 0.05) is 9.58 Å². The van der Waals surface area contributed by atoms with E-state index in [4.69, 9.17) is 0 Å². The second kappa shape index (κ2) is 5.06. The zero-order valence-corrected chi connectivity index (χ0v) is 12.8. The molecule has 3 aromatic rings. The maximum Gasteiger partial charge on any atom is 0.126 e. The van der Waals surface area contributed by atoms with Crippen molar-refractivity contribution in [1.29, 1.82) is 0 Å². The molecule has 96 valence electrons. The monoisotopic (exact) mass is 334 g/mol. The van der Waals surface area contributed by atoms with Crippen molar-refractivity contribution in [2.45, 2.75) is 11.8 Å². The van der Waals surface area contributed by atoms with Crippen molar-refractivity contribution in [3.63, 3.8) is 0 Å². The molecule has 1 heterocycles. The van der Waals surface area contributed by atoms with Gasteiger partial charge in [0.25, 0.3) is 0 Å². The van der Waals surface area contributed by atoms with Crippen molar-refractivity contribution >= 4 is 37.4 Å². The molecule has 0 saturated heterocycles. The lowest BCUT2D eigenvalue weighted by Gasteiger charge is -2.09. The van der Waals surface area contributed by atoms with Crippen LogP contribution in [0.3, 0.4) is 0 Å². The van der Waals surface area contributed by atoms with Crippen LogP contribution in [0, 0.1) is 12.7 Å². The standard InChI is InChI=1S/C16H12BrFS/c1-10-8-12(6-7-13(10)18)16(17)15-9-11-4-2-3-5-14(11)19-15/h2-9,16H,1H3. The number of hydrogen-bond donors (Lipinski definition) is 0. The summed E-state index contributed by atoms with van der Waals surface area (Å²) < 4.78 is 14.6. The van der Waals surface area contributed by atoms with Crippen LogP contribution in [0.15, 0.2) is 48.5 Å². The van der Waals surface area contributed by atoms with Gasteiger partial charge in [-0.15, -0.1) is 11.3 Å². The molecule has 0 aliphatic rings. The lowest BCUT2D eigenvalue weighted by atomic mass is 10.1. The Morgan fingerprint density at radius 2 is 1.89 bits per heavy atom. The fraction of sp³-hybridized carbons (Fsp3) is 0.125. The smallest absolute Gasteiger partial charge is 0.126 e. The second-order valence-electron chi connectivity index (χ2n) is 4.56. The molecule has 0 aliphatic carbocycles. The third kappa shape index (κ3) is 2.45. The number of aryl methyl sites for hydroxylation is 1. The highest BCUT2D eigenvalue weighted by atomic mass is 79.9. The summed E-state index contributed by atoms with van der Waals surface area (Å²) in [6.45, 7) is 1.80. The summed E-state index contributed by atoms with van der Waals surface area (Å²) in [6, 6.07) is 15.8. The van der Waals surface area contributed by atoms with Crippen LogP contribution in [0.5, 0.6) is 0 Å². The van der Waals surface area contributed by atoms with Gasteiger partial charge in [-0.05, 0) is 41.6 Å². The van der Waals surface area contributed by atoms with Crippen LogP contribution < -0.4 is 0 Å². The topological polar surface area (TPSA) is 0 Å². The minimum Gasteiger partial charge on any atom is -0.207 e. The third-order valence-electron chi connectivity index (χ3n) is 3.17. The van der Waals surface area contributed by atoms with Crippen LogP contribution in [-0.4, -0.2) is 0 Å². The number of benzene rings is 2. The molecular formula is C16H12BrFS. The first-order chi connectivity index (χ1) is 9.15. The lowest BCUT2D eigenvalue weighted by Crippen LogP contribution is -1.92. The Hall–Kier alpha value is -1.19. The summed E-state index contributed by atoms with van der Waals surface area (Å²) >= 11 is 5.49. The van der Waals surface area contributed by atoms with E-state index in [1.54, 1.807) is 18.3 Å². The summed E-state index contributed by atoms with van der Waals surface area (Å²) in [7, 11) is 0. The van der Waals surface area contributed by atoms with Crippen LogP contribution in [0.2, 0.25) is 0 Å². The van der Waals surface area contributed by atoms with Crippen LogP contribution in [-0.2, 0) is 0 Å². The number of fused-ring (bicyclic) bond motifs is 1. The maximum atomic E-state index is 13.3. The van der Waals surface area contributed by atoms with Crippen molar-refractivity contribution in [2.24, 2.45) is 0 Å². The molecule has 0 saturated carbocycles. The van der Waals surface area contributed by atoms with Gasteiger partial charge < -0.3 is 0 Å². The molecular weight excluding hydrogens is 323 g/mol. The van der Waals surface area contributed by atoms with E-state index in [1.807, 2.05) is 24.3 Å². The first-order valence-electron chi connectivity index (χ1n) is 6.04. The molecule has 0 amide bonds. The zero-order chi connectivity index (χ0) is 13.4. The highest BCUT2D eigenvalue weighted by Gasteiger charge is 2.14. The van der Waals surface area contributed by atoms with Gasteiger partial charge in [-0.3, -0.25) is 0 Å². The van der Waals surface area contributed by atoms with Crippen molar-refractivity contribution in [2.75, 3.05) is 0 Å². The quantitative estimate of drug-likeness (QED) is 0.517. The number of thiophene rings is 1. The zero-order valence-electron chi connectivity index (χ0n) is 10.4. The first-order valence-corrected chi connectivity index (χ1v) is 7.77. The normalized spacial score (nSPS) is 12.8. The number of alkyl halides is 1. The maximum absolute atomic E-state index is 13.3. The summed E-state index contributed by atoms with van der Waals surface area (Å²) in [5, 5.41) is 1.26. The molecule has 1 aromatic heterocycles. The Bertz CT molecular complexity index is 699. The van der Waals surface area contributed by atoms with Crippen LogP contribution in [0.25, 0.3) is 10.1 Å². The molecule has 2 aromatic carbocycles. The number of hydrogen-bond acceptors (Lipinski definition) is 1. The largest absolute Gasteiger partial charge is 0.207 e. The summed E-state index contributed by atoms with van der Waals surface area (Å²) in [5.41, 5.74) is 1.77. The van der Waals surface area contributed by atoms with Gasteiger partial charge in [-0.2, -0.15) is 0 Å². The van der Waals surface area contributed by atoms with E-state index in [-0.39, 0.29) is 10.6 Å². The van der Waals surface area contributed by atoms with Gasteiger partial charge in [-0.1, -0.05) is 46.3 Å². The predicted molar refractivity (Wildman–Crippen MR) is 83.7 cm³/mol. The molecule has 0 radical (unpaired) electrons. The summed E-state index contributed by atoms with van der Waals surface area (Å²) in [6.07, 6.45) is 0. The number of rotatable bonds is 2. The van der Waals surface area contributed by atoms with Crippen molar-refractivity contribution < 1.29 is 4.39 Å². The minimum atomic E-state index is -0.153. The van der Waals surface area contributed by atoms with E-state index in [1.165, 1.54) is 21.0 Å². The van der Waals surface area contributed by atoms with Crippen molar-refractivity contribution in [3.8, 4) is 0 Å². The molecule has 0 spiro atoms. The lowest BCUT2D eigenvalue weighted by molar-refractivity contribution is 0.618. The molecule has 0 N–H and O–H groups in total. The van der Waals surface area contributed by atoms with E-state index < -0.39 is 0 Å². The fourth-order valence-electron chi connectivity index (χ4n) is 2.12. The van der Waals surface area contributed by atoms with E-state index in [9.17, 15) is 4.39 Å². The molecule has 0 aliphatic heterocycles. The van der Waals surface area contributed by atoms with E-state index in [0.717, 1.165) is 5.56 Å². The molecule has 1 unspecified atom stereocenters. The molecule has 1 atom stereocenters. The van der Waals surface area contributed by atoms with Crippen molar-refractivity contribution in [1.82, 2.24) is 0 Å². The van der Waals surface area contributed by atoms with Gasteiger partial charge in [0.15, 0.2) is 0 Å². The Kier molecular flexibility index (Phi) is 3.42. The minimum absolute atomic E-state index is 0.115. The van der Waals surface area contributed by atoms with Gasteiger partial charge in [-0.25, -0.2) is 4.39 Å². The van der Waals surface area contributed by atoms with E-state index in [0.29, 0.717) is 5.56 Å². The Balaban J connectivity index is 2.02. The highest BCUT2D eigenvalue weighted by molar-refractivity contribution is 9.09. The van der Waals surface area contributed by atoms with Gasteiger partial charge in [0.1, 0.15) is 5.82 Å². The van der Waals surface area contributed by atoms with Gasteiger partial charge >= 0.3 is 0 Å². The SMILES string of the molecule is Cc1cc(C(Br)c2cc3ccccc3s2)ccc1F.